The minimum atomic E-state index is 0.465. The molecule has 0 spiro atoms. The van der Waals surface area contributed by atoms with E-state index in [4.69, 9.17) is 11.6 Å². The maximum Gasteiger partial charge on any atom is 0.234 e. The summed E-state index contributed by atoms with van der Waals surface area (Å²) in [4.78, 5) is 14.8. The molecule has 0 unspecified atom stereocenters. The molecular formula is C18H16ClN7. The van der Waals surface area contributed by atoms with E-state index in [9.17, 15) is 0 Å². The molecular weight excluding hydrogens is 350 g/mol. The van der Waals surface area contributed by atoms with Gasteiger partial charge in [0.2, 0.25) is 11.9 Å². The predicted molar refractivity (Wildman–Crippen MR) is 103 cm³/mol. The summed E-state index contributed by atoms with van der Waals surface area (Å²) in [7, 11) is 3.80. The molecule has 26 heavy (non-hydrogen) atoms. The molecule has 0 aliphatic heterocycles. The monoisotopic (exact) mass is 365 g/mol. The van der Waals surface area contributed by atoms with E-state index >= 15 is 0 Å². The first-order valence-corrected chi connectivity index (χ1v) is 8.35. The van der Waals surface area contributed by atoms with Gasteiger partial charge in [0.15, 0.2) is 0 Å². The van der Waals surface area contributed by atoms with Crippen LogP contribution in [0.1, 0.15) is 0 Å². The summed E-state index contributed by atoms with van der Waals surface area (Å²) >= 11 is 6.07. The number of fused-ring (bicyclic) bond motifs is 1. The van der Waals surface area contributed by atoms with Crippen molar-refractivity contribution in [1.82, 2.24) is 24.7 Å². The van der Waals surface area contributed by atoms with Gasteiger partial charge in [-0.25, -0.2) is 9.97 Å². The van der Waals surface area contributed by atoms with Crippen molar-refractivity contribution >= 4 is 45.8 Å². The molecule has 7 nitrogen and oxygen atoms in total. The van der Waals surface area contributed by atoms with Gasteiger partial charge in [0.05, 0.1) is 11.7 Å². The largest absolute Gasteiger partial charge is 0.324 e. The number of halogens is 1. The second kappa shape index (κ2) is 6.61. The molecule has 0 aliphatic rings. The highest BCUT2D eigenvalue weighted by Gasteiger charge is 2.10. The summed E-state index contributed by atoms with van der Waals surface area (Å²) in [6.07, 6.45) is 3.31. The number of hydrogen-bond donors (Lipinski definition) is 1. The van der Waals surface area contributed by atoms with Crippen LogP contribution in [0.15, 0.2) is 55.0 Å². The second-order valence-corrected chi connectivity index (χ2v) is 6.25. The van der Waals surface area contributed by atoms with Gasteiger partial charge in [0.1, 0.15) is 6.33 Å². The number of aryl methyl sites for hydroxylation is 1. The van der Waals surface area contributed by atoms with Crippen molar-refractivity contribution in [2.75, 3.05) is 17.3 Å². The van der Waals surface area contributed by atoms with Crippen LogP contribution < -0.4 is 10.2 Å². The number of aromatic nitrogens is 5. The van der Waals surface area contributed by atoms with E-state index in [1.807, 2.05) is 72.3 Å². The topological polar surface area (TPSA) is 71.8 Å². The van der Waals surface area contributed by atoms with Crippen LogP contribution in [0.25, 0.3) is 10.9 Å². The third-order valence-corrected chi connectivity index (χ3v) is 4.29. The fourth-order valence-corrected chi connectivity index (χ4v) is 2.86. The Morgan fingerprint density at radius 1 is 1.12 bits per heavy atom. The Kier molecular flexibility index (Phi) is 4.14. The molecule has 0 atom stereocenters. The SMILES string of the molecule is CN(c1cccc(Cl)c1)c1ncnc(Nc2ccc3c(cnn3C)c2)n1. The third kappa shape index (κ3) is 3.16. The van der Waals surface area contributed by atoms with E-state index in [1.54, 1.807) is 0 Å². The zero-order valence-electron chi connectivity index (χ0n) is 14.3. The lowest BCUT2D eigenvalue weighted by Gasteiger charge is -2.17. The molecule has 0 amide bonds. The first-order chi connectivity index (χ1) is 12.6. The standard InChI is InChI=1S/C18H16ClN7/c1-25(15-5-3-4-13(19)9-15)18-21-11-20-17(24-18)23-14-6-7-16-12(8-14)10-22-26(16)2/h3-11H,1-2H3,(H,20,21,23,24). The lowest BCUT2D eigenvalue weighted by atomic mass is 10.2. The molecule has 8 heteroatoms. The number of nitrogens with one attached hydrogen (secondary N) is 1. The number of anilines is 4. The summed E-state index contributed by atoms with van der Waals surface area (Å²) in [6, 6.07) is 13.5. The molecule has 2 heterocycles. The van der Waals surface area contributed by atoms with Crippen LogP contribution in [0.4, 0.5) is 23.3 Å². The summed E-state index contributed by atoms with van der Waals surface area (Å²) in [5.74, 6) is 0.986. The third-order valence-electron chi connectivity index (χ3n) is 4.06. The van der Waals surface area contributed by atoms with Crippen LogP contribution in [0, 0.1) is 0 Å². The maximum atomic E-state index is 6.07. The zero-order chi connectivity index (χ0) is 18.1. The van der Waals surface area contributed by atoms with Gasteiger partial charge in [-0.15, -0.1) is 0 Å². The van der Waals surface area contributed by atoms with Gasteiger partial charge < -0.3 is 10.2 Å². The fourth-order valence-electron chi connectivity index (χ4n) is 2.68. The number of benzene rings is 2. The Balaban J connectivity index is 1.60. The van der Waals surface area contributed by atoms with E-state index in [0.29, 0.717) is 16.9 Å². The molecule has 0 saturated carbocycles. The Bertz CT molecular complexity index is 1080. The average Bonchev–Trinajstić information content (AvgIpc) is 3.02. The van der Waals surface area contributed by atoms with Crippen LogP contribution >= 0.6 is 11.6 Å². The van der Waals surface area contributed by atoms with Gasteiger partial charge in [0, 0.05) is 35.9 Å². The van der Waals surface area contributed by atoms with E-state index in [0.717, 1.165) is 22.3 Å². The van der Waals surface area contributed by atoms with Gasteiger partial charge in [-0.2, -0.15) is 10.1 Å². The van der Waals surface area contributed by atoms with Gasteiger partial charge in [-0.1, -0.05) is 17.7 Å². The lowest BCUT2D eigenvalue weighted by molar-refractivity contribution is 0.797. The Labute approximate surface area is 155 Å². The second-order valence-electron chi connectivity index (χ2n) is 5.81. The summed E-state index contributed by atoms with van der Waals surface area (Å²) in [5.41, 5.74) is 2.84. The summed E-state index contributed by atoms with van der Waals surface area (Å²) in [6.45, 7) is 0. The Hall–Kier alpha value is -3.19. The zero-order valence-corrected chi connectivity index (χ0v) is 15.0. The van der Waals surface area contributed by atoms with Gasteiger partial charge in [-0.3, -0.25) is 4.68 Å². The molecule has 0 bridgehead atoms. The Morgan fingerprint density at radius 3 is 2.85 bits per heavy atom. The van der Waals surface area contributed by atoms with E-state index in [1.165, 1.54) is 6.33 Å². The number of hydrogen-bond acceptors (Lipinski definition) is 6. The summed E-state index contributed by atoms with van der Waals surface area (Å²) < 4.78 is 1.83. The van der Waals surface area contributed by atoms with Crippen molar-refractivity contribution in [2.45, 2.75) is 0 Å². The molecule has 0 radical (unpaired) electrons. The lowest BCUT2D eigenvalue weighted by Crippen LogP contribution is -2.14. The van der Waals surface area contributed by atoms with Crippen LogP contribution in [-0.4, -0.2) is 31.8 Å². The molecule has 2 aromatic heterocycles. The van der Waals surface area contributed by atoms with Gasteiger partial charge in [-0.05, 0) is 36.4 Å². The molecule has 1 N–H and O–H groups in total. The smallest absolute Gasteiger partial charge is 0.234 e. The molecule has 4 aromatic rings. The van der Waals surface area contributed by atoms with E-state index in [-0.39, 0.29) is 0 Å². The normalized spacial score (nSPS) is 10.9. The molecule has 130 valence electrons. The average molecular weight is 366 g/mol. The predicted octanol–water partition coefficient (Wildman–Crippen LogP) is 3.92. The van der Waals surface area contributed by atoms with E-state index < -0.39 is 0 Å². The quantitative estimate of drug-likeness (QED) is 0.591. The molecule has 0 fully saturated rings. The molecule has 2 aromatic carbocycles. The van der Waals surface area contributed by atoms with Crippen LogP contribution in [-0.2, 0) is 7.05 Å². The van der Waals surface area contributed by atoms with Crippen molar-refractivity contribution in [3.05, 3.63) is 60.0 Å². The Morgan fingerprint density at radius 2 is 2.00 bits per heavy atom. The highest BCUT2D eigenvalue weighted by molar-refractivity contribution is 6.30. The first kappa shape index (κ1) is 16.3. The van der Waals surface area contributed by atoms with Gasteiger partial charge in [0.25, 0.3) is 0 Å². The van der Waals surface area contributed by atoms with Crippen LogP contribution in [0.2, 0.25) is 5.02 Å². The maximum absolute atomic E-state index is 6.07. The van der Waals surface area contributed by atoms with Crippen molar-refractivity contribution in [2.24, 2.45) is 7.05 Å². The molecule has 0 saturated heterocycles. The minimum Gasteiger partial charge on any atom is -0.324 e. The van der Waals surface area contributed by atoms with Gasteiger partial charge >= 0.3 is 0 Å². The minimum absolute atomic E-state index is 0.465. The van der Waals surface area contributed by atoms with Crippen LogP contribution in [0.3, 0.4) is 0 Å². The number of nitrogens with zero attached hydrogens (tertiary/aromatic N) is 6. The van der Waals surface area contributed by atoms with E-state index in [2.05, 4.69) is 25.4 Å². The summed E-state index contributed by atoms with van der Waals surface area (Å²) in [5, 5.41) is 9.17. The highest BCUT2D eigenvalue weighted by atomic mass is 35.5. The molecule has 0 aliphatic carbocycles. The van der Waals surface area contributed by atoms with Crippen molar-refractivity contribution in [3.63, 3.8) is 0 Å². The highest BCUT2D eigenvalue weighted by Crippen LogP contribution is 2.24. The van der Waals surface area contributed by atoms with Crippen molar-refractivity contribution in [1.29, 1.82) is 0 Å². The van der Waals surface area contributed by atoms with Crippen molar-refractivity contribution < 1.29 is 0 Å². The number of rotatable bonds is 4. The van der Waals surface area contributed by atoms with Crippen LogP contribution in [0.5, 0.6) is 0 Å². The first-order valence-electron chi connectivity index (χ1n) is 7.97. The molecule has 4 rings (SSSR count). The fraction of sp³-hybridized carbons (Fsp3) is 0.111. The van der Waals surface area contributed by atoms with Crippen molar-refractivity contribution in [3.8, 4) is 0 Å².